The zero-order valence-electron chi connectivity index (χ0n) is 10.3. The number of nitrogens with one attached hydrogen (secondary N) is 1. The molecule has 0 unspecified atom stereocenters. The first-order valence-corrected chi connectivity index (χ1v) is 5.55. The van der Waals surface area contributed by atoms with E-state index in [1.165, 1.54) is 18.1 Å². The average molecular weight is 258 g/mol. The zero-order chi connectivity index (χ0) is 13.6. The molecule has 0 saturated heterocycles. The minimum Gasteiger partial charge on any atom is -0.465 e. The number of ether oxygens (including phenoxy) is 1. The first-order chi connectivity index (χ1) is 9.11. The first-order valence-electron chi connectivity index (χ1n) is 5.55. The molecular formula is C12H10N4O3. The Kier molecular flexibility index (Phi) is 2.34. The number of carbonyl (C=O) groups is 1. The molecule has 3 aromatic rings. The number of rotatable bonds is 1. The topological polar surface area (TPSA) is 89.9 Å². The molecule has 0 bridgehead atoms. The number of aromatic amines is 1. The number of benzene rings is 1. The van der Waals surface area contributed by atoms with E-state index < -0.39 is 11.4 Å². The van der Waals surface area contributed by atoms with Crippen LogP contribution in [0.5, 0.6) is 0 Å². The van der Waals surface area contributed by atoms with Crippen molar-refractivity contribution in [2.45, 2.75) is 0 Å². The highest BCUT2D eigenvalue weighted by atomic mass is 16.5. The minimum atomic E-state index is -0.694. The number of hydrogen-bond donors (Lipinski definition) is 1. The fourth-order valence-electron chi connectivity index (χ4n) is 2.05. The smallest absolute Gasteiger partial charge is 0.343 e. The number of methoxy groups -OCH3 is 1. The average Bonchev–Trinajstić information content (AvgIpc) is 2.78. The van der Waals surface area contributed by atoms with Crippen LogP contribution in [0.4, 0.5) is 0 Å². The predicted molar refractivity (Wildman–Crippen MR) is 68.0 cm³/mol. The first kappa shape index (κ1) is 11.4. The molecule has 3 rings (SSSR count). The summed E-state index contributed by atoms with van der Waals surface area (Å²) < 4.78 is 4.57. The van der Waals surface area contributed by atoms with Gasteiger partial charge in [-0.15, -0.1) is 0 Å². The Hall–Kier alpha value is -2.70. The summed E-state index contributed by atoms with van der Waals surface area (Å²) in [6, 6.07) is 3.46. The normalized spacial score (nSPS) is 11.1. The van der Waals surface area contributed by atoms with Crippen LogP contribution in [0.2, 0.25) is 0 Å². The van der Waals surface area contributed by atoms with E-state index in [1.54, 1.807) is 19.2 Å². The summed E-state index contributed by atoms with van der Waals surface area (Å²) >= 11 is 0. The van der Waals surface area contributed by atoms with Gasteiger partial charge in [-0.3, -0.25) is 14.9 Å². The summed E-state index contributed by atoms with van der Waals surface area (Å²) in [4.78, 5) is 29.5. The number of esters is 1. The number of nitrogens with zero attached hydrogens (tertiary/aromatic N) is 3. The second-order valence-corrected chi connectivity index (χ2v) is 4.08. The highest BCUT2D eigenvalue weighted by Crippen LogP contribution is 2.18. The fourth-order valence-corrected chi connectivity index (χ4v) is 2.05. The lowest BCUT2D eigenvalue weighted by atomic mass is 10.1. The van der Waals surface area contributed by atoms with Crippen LogP contribution in [0, 0.1) is 0 Å². The summed E-state index contributed by atoms with van der Waals surface area (Å²) in [5, 5.41) is 7.46. The van der Waals surface area contributed by atoms with Crippen molar-refractivity contribution in [3.05, 3.63) is 34.1 Å². The van der Waals surface area contributed by atoms with Crippen LogP contribution >= 0.6 is 0 Å². The van der Waals surface area contributed by atoms with Crippen LogP contribution in [-0.2, 0) is 11.8 Å². The lowest BCUT2D eigenvalue weighted by Crippen LogP contribution is -2.17. The molecule has 0 aliphatic heterocycles. The van der Waals surface area contributed by atoms with E-state index in [0.29, 0.717) is 21.9 Å². The van der Waals surface area contributed by atoms with E-state index in [4.69, 9.17) is 0 Å². The van der Waals surface area contributed by atoms with E-state index in [2.05, 4.69) is 19.9 Å². The van der Waals surface area contributed by atoms with Crippen molar-refractivity contribution in [1.82, 2.24) is 20.0 Å². The molecule has 1 N–H and O–H groups in total. The molecule has 2 aromatic heterocycles. The second-order valence-electron chi connectivity index (χ2n) is 4.08. The molecule has 0 atom stereocenters. The molecule has 0 fully saturated rings. The summed E-state index contributed by atoms with van der Waals surface area (Å²) in [6.45, 7) is 0. The van der Waals surface area contributed by atoms with Gasteiger partial charge in [-0.1, -0.05) is 0 Å². The summed E-state index contributed by atoms with van der Waals surface area (Å²) in [7, 11) is 2.94. The van der Waals surface area contributed by atoms with Gasteiger partial charge in [-0.25, -0.2) is 9.59 Å². The van der Waals surface area contributed by atoms with E-state index >= 15 is 0 Å². The monoisotopic (exact) mass is 258 g/mol. The molecule has 0 aliphatic rings. The molecule has 7 nitrogen and oxygen atoms in total. The maximum absolute atomic E-state index is 12.4. The summed E-state index contributed by atoms with van der Waals surface area (Å²) in [5.41, 5.74) is 1.21. The Labute approximate surface area is 106 Å². The van der Waals surface area contributed by atoms with Crippen molar-refractivity contribution in [2.24, 2.45) is 7.05 Å². The van der Waals surface area contributed by atoms with Crippen LogP contribution in [0.3, 0.4) is 0 Å². The largest absolute Gasteiger partial charge is 0.465 e. The lowest BCUT2D eigenvalue weighted by molar-refractivity contribution is 0.0599. The molecule has 7 heteroatoms. The quantitative estimate of drug-likeness (QED) is 0.645. The Balaban J connectivity index is 2.49. The Bertz CT molecular complexity index is 862. The minimum absolute atomic E-state index is 0.0836. The van der Waals surface area contributed by atoms with Gasteiger partial charge in [0.1, 0.15) is 11.1 Å². The third-order valence-electron chi connectivity index (χ3n) is 2.90. The Morgan fingerprint density at radius 2 is 2.11 bits per heavy atom. The van der Waals surface area contributed by atoms with Crippen molar-refractivity contribution >= 4 is 27.9 Å². The van der Waals surface area contributed by atoms with Gasteiger partial charge in [0, 0.05) is 13.2 Å². The van der Waals surface area contributed by atoms with Crippen LogP contribution in [-0.4, -0.2) is 33.1 Å². The molecule has 0 saturated carbocycles. The van der Waals surface area contributed by atoms with Crippen LogP contribution in [0.25, 0.3) is 21.9 Å². The molecular weight excluding hydrogens is 248 g/mol. The van der Waals surface area contributed by atoms with Gasteiger partial charge in [0.15, 0.2) is 0 Å². The Morgan fingerprint density at radius 1 is 1.37 bits per heavy atom. The molecule has 0 radical (unpaired) electrons. The number of hydrogen-bond acceptors (Lipinski definition) is 5. The molecule has 19 heavy (non-hydrogen) atoms. The number of aryl methyl sites for hydroxylation is 1. The van der Waals surface area contributed by atoms with Gasteiger partial charge >= 0.3 is 5.97 Å². The standard InChI is InChI=1S/C12H10N4O3/c1-16-14-8-4-3-7-9(10(8)15-16)11(17)6(5-13-7)12(18)19-2/h3-5,15H,1-2H3. The van der Waals surface area contributed by atoms with Gasteiger partial charge in [0.2, 0.25) is 5.43 Å². The van der Waals surface area contributed by atoms with E-state index in [0.717, 1.165) is 0 Å². The number of pyridine rings is 1. The molecule has 2 heterocycles. The van der Waals surface area contributed by atoms with Crippen LogP contribution in [0.15, 0.2) is 23.1 Å². The SMILES string of the molecule is COC(=O)c1cnc2ccc3nn(C)[nH]c3c2c1=O. The molecule has 0 amide bonds. The maximum Gasteiger partial charge on any atom is 0.343 e. The molecule has 0 aliphatic carbocycles. The summed E-state index contributed by atoms with van der Waals surface area (Å²) in [5.74, 6) is -0.694. The fraction of sp³-hybridized carbons (Fsp3) is 0.167. The van der Waals surface area contributed by atoms with Crippen LogP contribution in [0.1, 0.15) is 10.4 Å². The third kappa shape index (κ3) is 1.59. The number of aromatic nitrogens is 4. The molecule has 1 aromatic carbocycles. The van der Waals surface area contributed by atoms with Crippen molar-refractivity contribution in [2.75, 3.05) is 7.11 Å². The van der Waals surface area contributed by atoms with Gasteiger partial charge in [-0.05, 0) is 12.1 Å². The number of H-pyrrole nitrogens is 1. The third-order valence-corrected chi connectivity index (χ3v) is 2.90. The van der Waals surface area contributed by atoms with Gasteiger partial charge < -0.3 is 4.74 Å². The number of carbonyl (C=O) groups excluding carboxylic acids is 1. The van der Waals surface area contributed by atoms with E-state index in [-0.39, 0.29) is 5.56 Å². The molecule has 0 spiro atoms. The zero-order valence-corrected chi connectivity index (χ0v) is 10.3. The van der Waals surface area contributed by atoms with E-state index in [9.17, 15) is 9.59 Å². The van der Waals surface area contributed by atoms with Crippen molar-refractivity contribution < 1.29 is 9.53 Å². The van der Waals surface area contributed by atoms with Gasteiger partial charge in [-0.2, -0.15) is 5.10 Å². The van der Waals surface area contributed by atoms with Crippen molar-refractivity contribution in [3.63, 3.8) is 0 Å². The predicted octanol–water partition coefficient (Wildman–Crippen LogP) is 0.596. The van der Waals surface area contributed by atoms with Crippen molar-refractivity contribution in [1.29, 1.82) is 0 Å². The maximum atomic E-state index is 12.4. The highest BCUT2D eigenvalue weighted by molar-refractivity contribution is 6.04. The van der Waals surface area contributed by atoms with Gasteiger partial charge in [0.05, 0.1) is 23.5 Å². The summed E-state index contributed by atoms with van der Waals surface area (Å²) in [6.07, 6.45) is 1.23. The Morgan fingerprint density at radius 3 is 2.84 bits per heavy atom. The van der Waals surface area contributed by atoms with Crippen LogP contribution < -0.4 is 5.43 Å². The van der Waals surface area contributed by atoms with Gasteiger partial charge in [0.25, 0.3) is 0 Å². The van der Waals surface area contributed by atoms with Crippen molar-refractivity contribution in [3.8, 4) is 0 Å². The molecule has 96 valence electrons. The highest BCUT2D eigenvalue weighted by Gasteiger charge is 2.16. The lowest BCUT2D eigenvalue weighted by Gasteiger charge is -2.00. The second kappa shape index (κ2) is 3.91. The van der Waals surface area contributed by atoms with E-state index in [1.807, 2.05) is 0 Å². The number of fused-ring (bicyclic) bond motifs is 3.